The van der Waals surface area contributed by atoms with Crippen LogP contribution in [0.1, 0.15) is 5.82 Å². The van der Waals surface area contributed by atoms with E-state index in [1.807, 2.05) is 13.0 Å². The molecular formula is C11H10N4O2S. The van der Waals surface area contributed by atoms with Gasteiger partial charge in [-0.2, -0.15) is 9.61 Å². The predicted molar refractivity (Wildman–Crippen MR) is 67.0 cm³/mol. The van der Waals surface area contributed by atoms with Crippen LogP contribution in [-0.4, -0.2) is 32.0 Å². The van der Waals surface area contributed by atoms with Gasteiger partial charge in [-0.05, 0) is 19.1 Å². The third-order valence-electron chi connectivity index (χ3n) is 2.60. The summed E-state index contributed by atoms with van der Waals surface area (Å²) in [5, 5.41) is 23.0. The molecule has 92 valence electrons. The minimum absolute atomic E-state index is 0.0858. The minimum atomic E-state index is 0.0858. The molecule has 2 heterocycles. The molecule has 6 nitrogen and oxygen atoms in total. The number of aryl methyl sites for hydroxylation is 1. The van der Waals surface area contributed by atoms with Crippen molar-refractivity contribution in [2.24, 2.45) is 0 Å². The molecule has 0 aliphatic heterocycles. The Kier molecular flexibility index (Phi) is 2.41. The van der Waals surface area contributed by atoms with Crippen molar-refractivity contribution < 1.29 is 9.84 Å². The zero-order chi connectivity index (χ0) is 12.7. The van der Waals surface area contributed by atoms with Crippen LogP contribution in [0, 0.1) is 6.92 Å². The lowest BCUT2D eigenvalue weighted by molar-refractivity contribution is 0.374. The highest BCUT2D eigenvalue weighted by molar-refractivity contribution is 7.19. The van der Waals surface area contributed by atoms with E-state index in [-0.39, 0.29) is 5.75 Å². The number of aromatic nitrogens is 4. The van der Waals surface area contributed by atoms with Gasteiger partial charge in [-0.1, -0.05) is 17.4 Å². The molecule has 0 unspecified atom stereocenters. The van der Waals surface area contributed by atoms with Crippen LogP contribution in [0.3, 0.4) is 0 Å². The number of fused-ring (bicyclic) bond motifs is 1. The zero-order valence-electron chi connectivity index (χ0n) is 9.78. The number of rotatable bonds is 2. The second kappa shape index (κ2) is 3.95. The molecule has 0 aliphatic rings. The number of nitrogens with zero attached hydrogens (tertiary/aromatic N) is 4. The quantitative estimate of drug-likeness (QED) is 0.763. The summed E-state index contributed by atoms with van der Waals surface area (Å²) in [5.41, 5.74) is 0.629. The molecule has 0 amide bonds. The lowest BCUT2D eigenvalue weighted by atomic mass is 10.2. The molecule has 1 aromatic carbocycles. The van der Waals surface area contributed by atoms with Crippen molar-refractivity contribution in [1.29, 1.82) is 0 Å². The third kappa shape index (κ3) is 1.52. The lowest BCUT2D eigenvalue weighted by Gasteiger charge is -2.05. The van der Waals surface area contributed by atoms with Crippen molar-refractivity contribution in [3.63, 3.8) is 0 Å². The Hall–Kier alpha value is -2.15. The summed E-state index contributed by atoms with van der Waals surface area (Å²) in [7, 11) is 1.52. The van der Waals surface area contributed by atoms with Gasteiger partial charge >= 0.3 is 0 Å². The molecule has 0 atom stereocenters. The van der Waals surface area contributed by atoms with E-state index >= 15 is 0 Å². The molecule has 0 aliphatic carbocycles. The van der Waals surface area contributed by atoms with Gasteiger partial charge in [0.15, 0.2) is 22.3 Å². The van der Waals surface area contributed by atoms with Gasteiger partial charge in [0.05, 0.1) is 12.7 Å². The number of phenols is 1. The number of aromatic hydroxyl groups is 1. The van der Waals surface area contributed by atoms with Gasteiger partial charge < -0.3 is 9.84 Å². The summed E-state index contributed by atoms with van der Waals surface area (Å²) in [5.74, 6) is 1.23. The molecule has 0 spiro atoms. The van der Waals surface area contributed by atoms with Crippen molar-refractivity contribution in [2.45, 2.75) is 6.92 Å². The lowest BCUT2D eigenvalue weighted by Crippen LogP contribution is -1.90. The standard InChI is InChI=1S/C11H10N4O2S/c1-6-12-13-11-15(6)14-10(18-11)7-4-3-5-8(17-2)9(7)16/h3-5,16H,1-2H3. The maximum absolute atomic E-state index is 10.1. The summed E-state index contributed by atoms with van der Waals surface area (Å²) < 4.78 is 6.73. The molecule has 0 fully saturated rings. The van der Waals surface area contributed by atoms with E-state index in [1.165, 1.54) is 18.4 Å². The molecule has 3 rings (SSSR count). The van der Waals surface area contributed by atoms with Crippen LogP contribution in [0.25, 0.3) is 15.5 Å². The van der Waals surface area contributed by atoms with Crippen LogP contribution >= 0.6 is 11.3 Å². The number of ether oxygens (including phenoxy) is 1. The van der Waals surface area contributed by atoms with Crippen LogP contribution in [0.4, 0.5) is 0 Å². The molecule has 18 heavy (non-hydrogen) atoms. The normalized spacial score (nSPS) is 11.0. The number of hydrogen-bond donors (Lipinski definition) is 1. The van der Waals surface area contributed by atoms with Gasteiger partial charge in [-0.15, -0.1) is 10.2 Å². The third-order valence-corrected chi connectivity index (χ3v) is 3.53. The maximum Gasteiger partial charge on any atom is 0.234 e. The van der Waals surface area contributed by atoms with Gasteiger partial charge in [0.2, 0.25) is 4.96 Å². The average molecular weight is 262 g/mol. The highest BCUT2D eigenvalue weighted by atomic mass is 32.1. The van der Waals surface area contributed by atoms with E-state index in [0.717, 1.165) is 5.82 Å². The number of phenolic OH excluding ortho intramolecular Hbond substituents is 1. The second-order valence-corrected chi connectivity index (χ2v) is 4.66. The topological polar surface area (TPSA) is 72.5 Å². The van der Waals surface area contributed by atoms with Crippen LogP contribution in [0.15, 0.2) is 18.2 Å². The SMILES string of the molecule is COc1cccc(-c2nn3c(C)nnc3s2)c1O. The Labute approximate surface area is 106 Å². The smallest absolute Gasteiger partial charge is 0.234 e. The van der Waals surface area contributed by atoms with Crippen LogP contribution in [-0.2, 0) is 0 Å². The molecule has 0 saturated heterocycles. The van der Waals surface area contributed by atoms with Gasteiger partial charge in [0, 0.05) is 0 Å². The Morgan fingerprint density at radius 3 is 2.89 bits per heavy atom. The van der Waals surface area contributed by atoms with Crippen molar-refractivity contribution in [3.8, 4) is 22.1 Å². The highest BCUT2D eigenvalue weighted by Gasteiger charge is 2.15. The monoisotopic (exact) mass is 262 g/mol. The van der Waals surface area contributed by atoms with E-state index in [1.54, 1.807) is 16.6 Å². The van der Waals surface area contributed by atoms with Gasteiger partial charge in [-0.25, -0.2) is 0 Å². The summed E-state index contributed by atoms with van der Waals surface area (Å²) in [4.78, 5) is 0.699. The Balaban J connectivity index is 2.19. The summed E-state index contributed by atoms with van der Waals surface area (Å²) in [6, 6.07) is 5.30. The summed E-state index contributed by atoms with van der Waals surface area (Å²) in [6.07, 6.45) is 0. The fraction of sp³-hybridized carbons (Fsp3) is 0.182. The van der Waals surface area contributed by atoms with E-state index in [0.29, 0.717) is 21.3 Å². The van der Waals surface area contributed by atoms with Crippen LogP contribution < -0.4 is 4.74 Å². The molecule has 1 N–H and O–H groups in total. The zero-order valence-corrected chi connectivity index (χ0v) is 10.6. The molecule has 0 saturated carbocycles. The first-order valence-corrected chi connectivity index (χ1v) is 6.07. The second-order valence-electron chi connectivity index (χ2n) is 3.71. The summed E-state index contributed by atoms with van der Waals surface area (Å²) in [6.45, 7) is 1.83. The molecule has 7 heteroatoms. The minimum Gasteiger partial charge on any atom is -0.504 e. The van der Waals surface area contributed by atoms with Crippen LogP contribution in [0.2, 0.25) is 0 Å². The van der Waals surface area contributed by atoms with Crippen molar-refractivity contribution in [2.75, 3.05) is 7.11 Å². The Morgan fingerprint density at radius 1 is 1.33 bits per heavy atom. The summed E-state index contributed by atoms with van der Waals surface area (Å²) >= 11 is 1.37. The van der Waals surface area contributed by atoms with Crippen molar-refractivity contribution in [3.05, 3.63) is 24.0 Å². The van der Waals surface area contributed by atoms with Gasteiger partial charge in [0.25, 0.3) is 0 Å². The Bertz CT molecular complexity index is 719. The number of methoxy groups -OCH3 is 1. The molecular weight excluding hydrogens is 252 g/mol. The first kappa shape index (κ1) is 11.0. The fourth-order valence-corrected chi connectivity index (χ4v) is 2.59. The number of hydrogen-bond acceptors (Lipinski definition) is 6. The van der Waals surface area contributed by atoms with E-state index in [9.17, 15) is 5.11 Å². The first-order valence-electron chi connectivity index (χ1n) is 5.26. The van der Waals surface area contributed by atoms with E-state index in [2.05, 4.69) is 15.3 Å². The van der Waals surface area contributed by atoms with Crippen molar-refractivity contribution >= 4 is 16.3 Å². The Morgan fingerprint density at radius 2 is 2.17 bits per heavy atom. The average Bonchev–Trinajstić information content (AvgIpc) is 2.92. The van der Waals surface area contributed by atoms with E-state index < -0.39 is 0 Å². The molecule has 3 aromatic rings. The van der Waals surface area contributed by atoms with Gasteiger partial charge in [-0.3, -0.25) is 0 Å². The molecule has 2 aromatic heterocycles. The van der Waals surface area contributed by atoms with Crippen LogP contribution in [0.5, 0.6) is 11.5 Å². The number of benzene rings is 1. The first-order chi connectivity index (χ1) is 8.70. The predicted octanol–water partition coefficient (Wildman–Crippen LogP) is 1.88. The van der Waals surface area contributed by atoms with Crippen molar-refractivity contribution in [1.82, 2.24) is 19.8 Å². The highest BCUT2D eigenvalue weighted by Crippen LogP contribution is 2.38. The van der Waals surface area contributed by atoms with E-state index in [4.69, 9.17) is 4.74 Å². The fourth-order valence-electron chi connectivity index (χ4n) is 1.68. The largest absolute Gasteiger partial charge is 0.504 e. The molecule has 0 radical (unpaired) electrons. The van der Waals surface area contributed by atoms with Gasteiger partial charge in [0.1, 0.15) is 0 Å². The maximum atomic E-state index is 10.1. The number of para-hydroxylation sites is 1. The molecule has 0 bridgehead atoms.